The summed E-state index contributed by atoms with van der Waals surface area (Å²) < 4.78 is 5.59. The van der Waals surface area contributed by atoms with Crippen LogP contribution in [-0.4, -0.2) is 29.7 Å². The quantitative estimate of drug-likeness (QED) is 0.894. The Morgan fingerprint density at radius 3 is 2.83 bits per heavy atom. The number of aliphatic hydroxyl groups is 1. The molecule has 0 spiro atoms. The lowest BCUT2D eigenvalue weighted by Crippen LogP contribution is -2.36. The second-order valence-electron chi connectivity index (χ2n) is 5.95. The van der Waals surface area contributed by atoms with Crippen molar-refractivity contribution < 1.29 is 9.52 Å². The predicted molar refractivity (Wildman–Crippen MR) is 72.3 cm³/mol. The predicted octanol–water partition coefficient (Wildman–Crippen LogP) is 2.82. The zero-order chi connectivity index (χ0) is 13.1. The van der Waals surface area contributed by atoms with Gasteiger partial charge in [-0.3, -0.25) is 4.90 Å². The van der Waals surface area contributed by atoms with Crippen molar-refractivity contribution in [2.45, 2.75) is 45.8 Å². The molecule has 0 amide bonds. The molecule has 3 heteroatoms. The van der Waals surface area contributed by atoms with Crippen LogP contribution in [0.3, 0.4) is 0 Å². The Bertz CT molecular complexity index is 374. The van der Waals surface area contributed by atoms with Crippen molar-refractivity contribution in [3.63, 3.8) is 0 Å². The van der Waals surface area contributed by atoms with Gasteiger partial charge in [-0.15, -0.1) is 0 Å². The van der Waals surface area contributed by atoms with E-state index in [-0.39, 0.29) is 6.10 Å². The molecule has 0 bridgehead atoms. The number of aliphatic hydroxyl groups excluding tert-OH is 1. The van der Waals surface area contributed by atoms with E-state index in [0.717, 1.165) is 43.4 Å². The van der Waals surface area contributed by atoms with Crippen LogP contribution in [0.1, 0.15) is 37.7 Å². The van der Waals surface area contributed by atoms with E-state index in [0.29, 0.717) is 5.92 Å². The highest BCUT2D eigenvalue weighted by molar-refractivity contribution is 5.05. The van der Waals surface area contributed by atoms with Crippen LogP contribution < -0.4 is 0 Å². The Labute approximate surface area is 110 Å². The average Bonchev–Trinajstić information content (AvgIpc) is 2.69. The van der Waals surface area contributed by atoms with E-state index in [2.05, 4.69) is 18.9 Å². The Morgan fingerprint density at radius 1 is 1.39 bits per heavy atom. The molecule has 1 fully saturated rings. The van der Waals surface area contributed by atoms with Gasteiger partial charge in [0.2, 0.25) is 0 Å². The molecule has 0 saturated heterocycles. The molecule has 1 heterocycles. The maximum atomic E-state index is 10.1. The van der Waals surface area contributed by atoms with E-state index in [1.54, 1.807) is 0 Å². The maximum absolute atomic E-state index is 10.1. The molecule has 1 N–H and O–H groups in total. The Kier molecular flexibility index (Phi) is 4.46. The molecule has 1 aliphatic rings. The van der Waals surface area contributed by atoms with Crippen molar-refractivity contribution in [1.82, 2.24) is 4.90 Å². The minimum Gasteiger partial charge on any atom is -0.465 e. The summed E-state index contributed by atoms with van der Waals surface area (Å²) in [6.07, 6.45) is 3.14. The first-order valence-corrected chi connectivity index (χ1v) is 6.96. The highest BCUT2D eigenvalue weighted by atomic mass is 16.3. The fourth-order valence-electron chi connectivity index (χ4n) is 2.98. The van der Waals surface area contributed by atoms with Crippen molar-refractivity contribution in [3.8, 4) is 0 Å². The molecule has 2 rings (SSSR count). The van der Waals surface area contributed by atoms with Crippen molar-refractivity contribution in [2.24, 2.45) is 11.8 Å². The van der Waals surface area contributed by atoms with Gasteiger partial charge in [-0.25, -0.2) is 0 Å². The van der Waals surface area contributed by atoms with E-state index in [4.69, 9.17) is 4.42 Å². The largest absolute Gasteiger partial charge is 0.465 e. The van der Waals surface area contributed by atoms with Crippen molar-refractivity contribution in [3.05, 3.63) is 23.7 Å². The van der Waals surface area contributed by atoms with Crippen LogP contribution in [0.2, 0.25) is 0 Å². The molecular formula is C15H25NO2. The van der Waals surface area contributed by atoms with Crippen molar-refractivity contribution in [2.75, 3.05) is 13.6 Å². The molecule has 0 aliphatic heterocycles. The zero-order valence-electron chi connectivity index (χ0n) is 11.7. The van der Waals surface area contributed by atoms with Gasteiger partial charge in [0.15, 0.2) is 0 Å². The highest BCUT2D eigenvalue weighted by Crippen LogP contribution is 2.29. The Morgan fingerprint density at radius 2 is 2.17 bits per heavy atom. The van der Waals surface area contributed by atoms with E-state index in [1.165, 1.54) is 6.42 Å². The van der Waals surface area contributed by atoms with Gasteiger partial charge in [-0.05, 0) is 57.2 Å². The zero-order valence-corrected chi connectivity index (χ0v) is 11.7. The normalized spacial score (nSPS) is 28.8. The van der Waals surface area contributed by atoms with Crippen molar-refractivity contribution in [1.29, 1.82) is 0 Å². The summed E-state index contributed by atoms with van der Waals surface area (Å²) in [5.41, 5.74) is 0. The molecule has 102 valence electrons. The standard InChI is InChI=1S/C15H25NO2/c1-11-4-7-15(17)13(8-11)9-16(3)10-14-6-5-12(2)18-14/h5-6,11,13,15,17H,4,7-10H2,1-3H3. The summed E-state index contributed by atoms with van der Waals surface area (Å²) in [4.78, 5) is 2.25. The number of rotatable bonds is 4. The minimum atomic E-state index is -0.123. The number of nitrogens with zero attached hydrogens (tertiary/aromatic N) is 1. The van der Waals surface area contributed by atoms with Gasteiger partial charge >= 0.3 is 0 Å². The van der Waals surface area contributed by atoms with Crippen LogP contribution in [-0.2, 0) is 6.54 Å². The van der Waals surface area contributed by atoms with Crippen LogP contribution in [0, 0.1) is 18.8 Å². The second-order valence-corrected chi connectivity index (χ2v) is 5.95. The lowest BCUT2D eigenvalue weighted by molar-refractivity contribution is 0.0328. The third-order valence-corrected chi connectivity index (χ3v) is 3.97. The highest BCUT2D eigenvalue weighted by Gasteiger charge is 2.27. The SMILES string of the molecule is Cc1ccc(CN(C)CC2CC(C)CCC2O)o1. The molecule has 1 aromatic heterocycles. The van der Waals surface area contributed by atoms with Gasteiger partial charge in [0, 0.05) is 6.54 Å². The molecule has 0 radical (unpaired) electrons. The first-order valence-electron chi connectivity index (χ1n) is 6.96. The lowest BCUT2D eigenvalue weighted by Gasteiger charge is -2.34. The van der Waals surface area contributed by atoms with Crippen LogP contribution in [0.25, 0.3) is 0 Å². The summed E-state index contributed by atoms with van der Waals surface area (Å²) in [6.45, 7) is 6.03. The van der Waals surface area contributed by atoms with Gasteiger partial charge in [0.25, 0.3) is 0 Å². The van der Waals surface area contributed by atoms with Gasteiger partial charge in [0.05, 0.1) is 12.6 Å². The first-order chi connectivity index (χ1) is 8.54. The molecule has 3 atom stereocenters. The number of hydrogen-bond donors (Lipinski definition) is 1. The third kappa shape index (κ3) is 3.59. The van der Waals surface area contributed by atoms with Gasteiger partial charge < -0.3 is 9.52 Å². The van der Waals surface area contributed by atoms with E-state index in [1.807, 2.05) is 19.1 Å². The summed E-state index contributed by atoms with van der Waals surface area (Å²) in [5.74, 6) is 3.13. The molecule has 1 aromatic rings. The third-order valence-electron chi connectivity index (χ3n) is 3.97. The maximum Gasteiger partial charge on any atom is 0.118 e. The second kappa shape index (κ2) is 5.89. The van der Waals surface area contributed by atoms with Gasteiger partial charge in [0.1, 0.15) is 11.5 Å². The number of aryl methyl sites for hydroxylation is 1. The molecule has 3 nitrogen and oxygen atoms in total. The lowest BCUT2D eigenvalue weighted by atomic mass is 9.80. The molecule has 0 aromatic carbocycles. The van der Waals surface area contributed by atoms with E-state index >= 15 is 0 Å². The Hall–Kier alpha value is -0.800. The first kappa shape index (κ1) is 13.6. The summed E-state index contributed by atoms with van der Waals surface area (Å²) in [7, 11) is 2.10. The summed E-state index contributed by atoms with van der Waals surface area (Å²) in [5, 5.41) is 10.1. The topological polar surface area (TPSA) is 36.6 Å². The molecule has 18 heavy (non-hydrogen) atoms. The fraction of sp³-hybridized carbons (Fsp3) is 0.733. The summed E-state index contributed by atoms with van der Waals surface area (Å²) >= 11 is 0. The smallest absolute Gasteiger partial charge is 0.118 e. The molecule has 1 saturated carbocycles. The van der Waals surface area contributed by atoms with Crippen LogP contribution in [0.15, 0.2) is 16.5 Å². The molecular weight excluding hydrogens is 226 g/mol. The average molecular weight is 251 g/mol. The fourth-order valence-corrected chi connectivity index (χ4v) is 2.98. The minimum absolute atomic E-state index is 0.123. The van der Waals surface area contributed by atoms with Crippen LogP contribution in [0.5, 0.6) is 0 Å². The van der Waals surface area contributed by atoms with Gasteiger partial charge in [-0.2, -0.15) is 0 Å². The van der Waals surface area contributed by atoms with Crippen LogP contribution in [0.4, 0.5) is 0 Å². The number of hydrogen-bond acceptors (Lipinski definition) is 3. The number of furan rings is 1. The van der Waals surface area contributed by atoms with Crippen molar-refractivity contribution >= 4 is 0 Å². The van der Waals surface area contributed by atoms with E-state index < -0.39 is 0 Å². The molecule has 3 unspecified atom stereocenters. The van der Waals surface area contributed by atoms with Gasteiger partial charge in [-0.1, -0.05) is 6.92 Å². The summed E-state index contributed by atoms with van der Waals surface area (Å²) in [6, 6.07) is 4.03. The monoisotopic (exact) mass is 251 g/mol. The van der Waals surface area contributed by atoms with Crippen LogP contribution >= 0.6 is 0 Å². The molecule has 1 aliphatic carbocycles. The Balaban J connectivity index is 1.84. The van der Waals surface area contributed by atoms with E-state index in [9.17, 15) is 5.11 Å².